The van der Waals surface area contributed by atoms with Crippen LogP contribution in [0.3, 0.4) is 0 Å². The Bertz CT molecular complexity index is 894. The second-order valence-electron chi connectivity index (χ2n) is 6.68. The molecule has 0 spiro atoms. The first-order valence-electron chi connectivity index (χ1n) is 9.00. The van der Waals surface area contributed by atoms with Gasteiger partial charge in [0.2, 0.25) is 15.9 Å². The summed E-state index contributed by atoms with van der Waals surface area (Å²) in [6, 6.07) is 14.4. The van der Waals surface area contributed by atoms with E-state index in [2.05, 4.69) is 10.0 Å². The van der Waals surface area contributed by atoms with Crippen molar-refractivity contribution in [1.82, 2.24) is 10.0 Å². The van der Waals surface area contributed by atoms with Crippen molar-refractivity contribution in [2.45, 2.75) is 24.7 Å². The molecule has 0 fully saturated rings. The fraction of sp³-hybridized carbons (Fsp3) is 0.350. The van der Waals surface area contributed by atoms with E-state index in [-0.39, 0.29) is 23.3 Å². The third kappa shape index (κ3) is 5.08. The molecule has 2 aromatic rings. The molecule has 0 saturated carbocycles. The molecule has 1 aliphatic rings. The molecular formula is C20H24N2O4S. The maximum Gasteiger partial charge on any atom is 0.240 e. The van der Waals surface area contributed by atoms with Crippen LogP contribution < -0.4 is 14.8 Å². The number of ether oxygens (including phenoxy) is 1. The van der Waals surface area contributed by atoms with Crippen LogP contribution in [-0.2, 0) is 21.2 Å². The third-order valence-corrected chi connectivity index (χ3v) is 6.00. The van der Waals surface area contributed by atoms with Crippen molar-refractivity contribution in [3.8, 4) is 5.75 Å². The van der Waals surface area contributed by atoms with Crippen molar-refractivity contribution in [3.05, 3.63) is 59.7 Å². The van der Waals surface area contributed by atoms with Gasteiger partial charge in [-0.2, -0.15) is 0 Å². The lowest BCUT2D eigenvalue weighted by Crippen LogP contribution is -2.38. The first-order chi connectivity index (χ1) is 13.0. The molecule has 0 unspecified atom stereocenters. The average molecular weight is 388 g/mol. The number of amides is 1. The largest absolute Gasteiger partial charge is 0.492 e. The molecule has 0 aliphatic carbocycles. The Morgan fingerprint density at radius 1 is 1.11 bits per heavy atom. The van der Waals surface area contributed by atoms with Crippen LogP contribution in [-0.4, -0.2) is 34.0 Å². The summed E-state index contributed by atoms with van der Waals surface area (Å²) in [4.78, 5) is 12.5. The fourth-order valence-electron chi connectivity index (χ4n) is 2.95. The van der Waals surface area contributed by atoms with Gasteiger partial charge < -0.3 is 10.1 Å². The average Bonchev–Trinajstić information content (AvgIpc) is 2.67. The van der Waals surface area contributed by atoms with E-state index >= 15 is 0 Å². The zero-order valence-corrected chi connectivity index (χ0v) is 16.1. The zero-order valence-electron chi connectivity index (χ0n) is 15.3. The summed E-state index contributed by atoms with van der Waals surface area (Å²) in [6.07, 6.45) is 1.17. The number of para-hydroxylation sites is 1. The molecule has 2 aromatic carbocycles. The van der Waals surface area contributed by atoms with E-state index in [0.717, 1.165) is 16.9 Å². The van der Waals surface area contributed by atoms with E-state index < -0.39 is 10.0 Å². The van der Waals surface area contributed by atoms with Crippen LogP contribution in [0, 0.1) is 12.8 Å². The second kappa shape index (κ2) is 8.54. The van der Waals surface area contributed by atoms with E-state index in [0.29, 0.717) is 26.0 Å². The Balaban J connectivity index is 1.40. The molecule has 27 heavy (non-hydrogen) atoms. The lowest BCUT2D eigenvalue weighted by Gasteiger charge is -2.24. The summed E-state index contributed by atoms with van der Waals surface area (Å²) in [5.74, 6) is 0.558. The number of rotatable bonds is 7. The molecule has 0 saturated heterocycles. The van der Waals surface area contributed by atoms with Gasteiger partial charge in [0.05, 0.1) is 10.8 Å². The van der Waals surface area contributed by atoms with Crippen LogP contribution in [0.5, 0.6) is 5.75 Å². The first kappa shape index (κ1) is 19.4. The molecule has 1 heterocycles. The molecular weight excluding hydrogens is 364 g/mol. The normalized spacial score (nSPS) is 16.3. The van der Waals surface area contributed by atoms with Crippen LogP contribution in [0.25, 0.3) is 0 Å². The minimum absolute atomic E-state index is 0.0640. The molecule has 0 bridgehead atoms. The number of aryl methyl sites for hydroxylation is 1. The monoisotopic (exact) mass is 388 g/mol. The van der Waals surface area contributed by atoms with Crippen LogP contribution in [0.4, 0.5) is 0 Å². The van der Waals surface area contributed by atoms with Crippen molar-refractivity contribution in [2.75, 3.05) is 19.7 Å². The number of hydrogen-bond acceptors (Lipinski definition) is 4. The summed E-state index contributed by atoms with van der Waals surface area (Å²) < 4.78 is 32.6. The maximum atomic E-state index is 12.3. The number of carbonyl (C=O) groups excluding carboxylic acids is 1. The van der Waals surface area contributed by atoms with E-state index in [1.165, 1.54) is 0 Å². The van der Waals surface area contributed by atoms with E-state index in [4.69, 9.17) is 4.74 Å². The molecule has 1 amide bonds. The predicted molar refractivity (Wildman–Crippen MR) is 103 cm³/mol. The van der Waals surface area contributed by atoms with Gasteiger partial charge >= 0.3 is 0 Å². The number of fused-ring (bicyclic) bond motifs is 1. The molecule has 6 nitrogen and oxygen atoms in total. The van der Waals surface area contributed by atoms with Crippen molar-refractivity contribution in [2.24, 2.45) is 5.92 Å². The highest BCUT2D eigenvalue weighted by Gasteiger charge is 2.25. The van der Waals surface area contributed by atoms with Gasteiger partial charge in [0.15, 0.2) is 0 Å². The number of nitrogens with one attached hydrogen (secondary N) is 2. The van der Waals surface area contributed by atoms with Gasteiger partial charge in [-0.3, -0.25) is 4.79 Å². The summed E-state index contributed by atoms with van der Waals surface area (Å²) in [5, 5.41) is 2.86. The molecule has 7 heteroatoms. The van der Waals surface area contributed by atoms with Crippen molar-refractivity contribution >= 4 is 15.9 Å². The maximum absolute atomic E-state index is 12.3. The van der Waals surface area contributed by atoms with Gasteiger partial charge in [0.1, 0.15) is 12.4 Å². The molecule has 2 N–H and O–H groups in total. The van der Waals surface area contributed by atoms with Crippen LogP contribution >= 0.6 is 0 Å². The standard InChI is InChI=1S/C20H24N2O4S/c1-15-7-9-18(10-8-15)27(24,25)22-12-4-11-21-20(23)17-13-16-5-2-3-6-19(16)26-14-17/h2-3,5-10,17,22H,4,11-14H2,1H3,(H,21,23)/t17-/m0/s1. The Hall–Kier alpha value is -2.38. The molecule has 0 aromatic heterocycles. The van der Waals surface area contributed by atoms with E-state index in [9.17, 15) is 13.2 Å². The van der Waals surface area contributed by atoms with Crippen molar-refractivity contribution in [1.29, 1.82) is 0 Å². The minimum Gasteiger partial charge on any atom is -0.492 e. The quantitative estimate of drug-likeness (QED) is 0.711. The Labute approximate surface area is 160 Å². The van der Waals surface area contributed by atoms with E-state index in [1.807, 2.05) is 31.2 Å². The van der Waals surface area contributed by atoms with Crippen LogP contribution in [0.1, 0.15) is 17.5 Å². The third-order valence-electron chi connectivity index (χ3n) is 4.53. The lowest BCUT2D eigenvalue weighted by molar-refractivity contribution is -0.126. The highest BCUT2D eigenvalue weighted by Crippen LogP contribution is 2.26. The van der Waals surface area contributed by atoms with Gasteiger partial charge in [0, 0.05) is 13.1 Å². The van der Waals surface area contributed by atoms with Gasteiger partial charge in [-0.05, 0) is 43.5 Å². The summed E-state index contributed by atoms with van der Waals surface area (Å²) in [6.45, 7) is 2.94. The summed E-state index contributed by atoms with van der Waals surface area (Å²) >= 11 is 0. The Morgan fingerprint density at radius 3 is 2.63 bits per heavy atom. The van der Waals surface area contributed by atoms with Crippen molar-refractivity contribution in [3.63, 3.8) is 0 Å². The first-order valence-corrected chi connectivity index (χ1v) is 10.5. The fourth-order valence-corrected chi connectivity index (χ4v) is 4.02. The summed E-state index contributed by atoms with van der Waals surface area (Å²) in [5.41, 5.74) is 2.04. The highest BCUT2D eigenvalue weighted by atomic mass is 32.2. The Morgan fingerprint density at radius 2 is 1.85 bits per heavy atom. The minimum atomic E-state index is -3.51. The van der Waals surface area contributed by atoms with Gasteiger partial charge in [-0.1, -0.05) is 35.9 Å². The molecule has 1 aliphatic heterocycles. The zero-order chi connectivity index (χ0) is 19.3. The van der Waals surface area contributed by atoms with Gasteiger partial charge in [-0.15, -0.1) is 0 Å². The molecule has 1 atom stereocenters. The number of sulfonamides is 1. The highest BCUT2D eigenvalue weighted by molar-refractivity contribution is 7.89. The topological polar surface area (TPSA) is 84.5 Å². The number of benzene rings is 2. The number of carbonyl (C=O) groups is 1. The van der Waals surface area contributed by atoms with Crippen LogP contribution in [0.2, 0.25) is 0 Å². The van der Waals surface area contributed by atoms with Crippen molar-refractivity contribution < 1.29 is 17.9 Å². The molecule has 144 valence electrons. The predicted octanol–water partition coefficient (Wildman–Crippen LogP) is 2.03. The number of hydrogen-bond donors (Lipinski definition) is 2. The molecule has 3 rings (SSSR count). The van der Waals surface area contributed by atoms with Gasteiger partial charge in [0.25, 0.3) is 0 Å². The summed E-state index contributed by atoms with van der Waals surface area (Å²) in [7, 11) is -3.51. The van der Waals surface area contributed by atoms with E-state index in [1.54, 1.807) is 24.3 Å². The Kier molecular flexibility index (Phi) is 6.13. The lowest BCUT2D eigenvalue weighted by atomic mass is 9.96. The molecule has 0 radical (unpaired) electrons. The smallest absolute Gasteiger partial charge is 0.240 e. The second-order valence-corrected chi connectivity index (χ2v) is 8.44. The van der Waals surface area contributed by atoms with Crippen LogP contribution in [0.15, 0.2) is 53.4 Å². The van der Waals surface area contributed by atoms with Gasteiger partial charge in [-0.25, -0.2) is 13.1 Å². The SMILES string of the molecule is Cc1ccc(S(=O)(=O)NCCCNC(=O)[C@@H]2COc3ccccc3C2)cc1.